The summed E-state index contributed by atoms with van der Waals surface area (Å²) in [6.45, 7) is 7.86. The van der Waals surface area contributed by atoms with Crippen LogP contribution >= 0.6 is 11.6 Å². The molecule has 0 fully saturated rings. The minimum absolute atomic E-state index is 0.250. The van der Waals surface area contributed by atoms with Gasteiger partial charge in [0.25, 0.3) is 0 Å². The molecule has 1 unspecified atom stereocenters. The van der Waals surface area contributed by atoms with E-state index in [0.29, 0.717) is 10.7 Å². The minimum atomic E-state index is -0.667. The van der Waals surface area contributed by atoms with E-state index >= 15 is 0 Å². The molecule has 23 heavy (non-hydrogen) atoms. The van der Waals surface area contributed by atoms with Crippen LogP contribution in [0.4, 0.5) is 0 Å². The first kappa shape index (κ1) is 19.4. The summed E-state index contributed by atoms with van der Waals surface area (Å²) in [7, 11) is 0. The Morgan fingerprint density at radius 3 is 2.30 bits per heavy atom. The van der Waals surface area contributed by atoms with E-state index in [2.05, 4.69) is 10.1 Å². The first-order chi connectivity index (χ1) is 10.8. The Hall–Kier alpha value is -1.69. The number of benzene rings is 1. The molecule has 5 nitrogen and oxygen atoms in total. The molecule has 1 heterocycles. The van der Waals surface area contributed by atoms with Gasteiger partial charge in [0, 0.05) is 11.6 Å². The molecule has 0 aliphatic carbocycles. The maximum atomic E-state index is 10.6. The van der Waals surface area contributed by atoms with Gasteiger partial charge in [0.15, 0.2) is 0 Å². The second kappa shape index (κ2) is 8.82. The van der Waals surface area contributed by atoms with Crippen molar-refractivity contribution in [1.29, 1.82) is 0 Å². The summed E-state index contributed by atoms with van der Waals surface area (Å²) in [6, 6.07) is 7.43. The normalized spacial score (nSPS) is 13.3. The molecule has 126 valence electrons. The van der Waals surface area contributed by atoms with Crippen LogP contribution in [0.5, 0.6) is 0 Å². The van der Waals surface area contributed by atoms with Gasteiger partial charge in [0.05, 0.1) is 5.70 Å². The van der Waals surface area contributed by atoms with Gasteiger partial charge in [0.1, 0.15) is 18.8 Å². The van der Waals surface area contributed by atoms with Crippen LogP contribution in [0.25, 0.3) is 11.8 Å². The third-order valence-electron chi connectivity index (χ3n) is 2.97. The number of aliphatic hydroxyl groups is 2. The summed E-state index contributed by atoms with van der Waals surface area (Å²) in [5.74, 6) is 0. The number of aliphatic hydroxyl groups excluding tert-OH is 2. The van der Waals surface area contributed by atoms with E-state index in [1.54, 1.807) is 17.9 Å². The van der Waals surface area contributed by atoms with Crippen LogP contribution in [0, 0.1) is 5.41 Å². The highest BCUT2D eigenvalue weighted by Crippen LogP contribution is 2.28. The first-order valence-electron chi connectivity index (χ1n) is 7.40. The van der Waals surface area contributed by atoms with Crippen LogP contribution in [0.3, 0.4) is 0 Å². The lowest BCUT2D eigenvalue weighted by Gasteiger charge is -2.27. The number of halogens is 1. The molecule has 1 aromatic carbocycles. The summed E-state index contributed by atoms with van der Waals surface area (Å²) in [5, 5.41) is 22.9. The second-order valence-corrected chi connectivity index (χ2v) is 6.48. The summed E-state index contributed by atoms with van der Waals surface area (Å²) in [6.07, 6.45) is 4.25. The first-order valence-corrected chi connectivity index (χ1v) is 7.78. The van der Waals surface area contributed by atoms with Gasteiger partial charge in [0.2, 0.25) is 0 Å². The predicted octanol–water partition coefficient (Wildman–Crippen LogP) is 3.34. The predicted molar refractivity (Wildman–Crippen MR) is 93.9 cm³/mol. The zero-order chi connectivity index (χ0) is 17.5. The van der Waals surface area contributed by atoms with Gasteiger partial charge in [-0.25, -0.2) is 9.67 Å². The zero-order valence-electron chi connectivity index (χ0n) is 13.9. The van der Waals surface area contributed by atoms with E-state index in [-0.39, 0.29) is 12.0 Å². The van der Waals surface area contributed by atoms with Gasteiger partial charge in [-0.1, -0.05) is 44.5 Å². The topological polar surface area (TPSA) is 71.2 Å². The maximum Gasteiger partial charge on any atom is 0.138 e. The molecule has 0 spiro atoms. The molecule has 0 aliphatic rings. The number of rotatable bonds is 3. The molecule has 6 heteroatoms. The van der Waals surface area contributed by atoms with Crippen LogP contribution in [-0.4, -0.2) is 37.7 Å². The molecule has 1 aromatic heterocycles. The van der Waals surface area contributed by atoms with Crippen molar-refractivity contribution in [2.75, 3.05) is 6.61 Å². The van der Waals surface area contributed by atoms with Crippen molar-refractivity contribution in [2.24, 2.45) is 5.41 Å². The van der Waals surface area contributed by atoms with Gasteiger partial charge in [-0.05, 0) is 36.1 Å². The fraction of sp³-hybridized carbons (Fsp3) is 0.412. The number of hydrogen-bond acceptors (Lipinski definition) is 4. The van der Waals surface area contributed by atoms with Gasteiger partial charge in [-0.15, -0.1) is 0 Å². The lowest BCUT2D eigenvalue weighted by atomic mass is 9.86. The third-order valence-corrected chi connectivity index (χ3v) is 3.22. The molecule has 0 aliphatic heterocycles. The lowest BCUT2D eigenvalue weighted by Crippen LogP contribution is -2.29. The minimum Gasteiger partial charge on any atom is -0.397 e. The van der Waals surface area contributed by atoms with E-state index in [1.165, 1.54) is 6.33 Å². The second-order valence-electron chi connectivity index (χ2n) is 6.05. The number of aromatic nitrogens is 3. The number of nitrogens with zero attached hydrogens (tertiary/aromatic N) is 3. The van der Waals surface area contributed by atoms with Gasteiger partial charge < -0.3 is 10.2 Å². The van der Waals surface area contributed by atoms with Crippen molar-refractivity contribution in [3.8, 4) is 0 Å². The van der Waals surface area contributed by atoms with Crippen molar-refractivity contribution in [3.63, 3.8) is 0 Å². The van der Waals surface area contributed by atoms with E-state index in [4.69, 9.17) is 16.7 Å². The van der Waals surface area contributed by atoms with Gasteiger partial charge in [-0.2, -0.15) is 5.10 Å². The lowest BCUT2D eigenvalue weighted by molar-refractivity contribution is 0.109. The van der Waals surface area contributed by atoms with Crippen LogP contribution in [-0.2, 0) is 0 Å². The Bertz CT molecular complexity index is 602. The summed E-state index contributed by atoms with van der Waals surface area (Å²) < 4.78 is 1.59. The molecule has 0 amide bonds. The molecule has 1 atom stereocenters. The van der Waals surface area contributed by atoms with Gasteiger partial charge >= 0.3 is 0 Å². The Balaban J connectivity index is 0.000000816. The van der Waals surface area contributed by atoms with Crippen LogP contribution in [0.2, 0.25) is 5.02 Å². The SMILES string of the molecule is CC(C)(C)C(O)/C(=C\c1ccc(Cl)cc1)n1cncn1.CCO. The fourth-order valence-electron chi connectivity index (χ4n) is 1.79. The Labute approximate surface area is 142 Å². The van der Waals surface area contributed by atoms with E-state index in [0.717, 1.165) is 5.56 Å². The molecule has 0 saturated heterocycles. The average molecular weight is 338 g/mol. The van der Waals surface area contributed by atoms with Crippen molar-refractivity contribution >= 4 is 23.4 Å². The molecule has 0 radical (unpaired) electrons. The molecular formula is C17H24ClN3O2. The molecule has 0 saturated carbocycles. The van der Waals surface area contributed by atoms with Crippen molar-refractivity contribution in [3.05, 3.63) is 47.5 Å². The van der Waals surface area contributed by atoms with Crippen LogP contribution in [0.1, 0.15) is 33.3 Å². The monoisotopic (exact) mass is 337 g/mol. The molecule has 2 rings (SSSR count). The van der Waals surface area contributed by atoms with Crippen LogP contribution in [0.15, 0.2) is 36.9 Å². The number of hydrogen-bond donors (Lipinski definition) is 2. The Kier molecular flexibility index (Phi) is 7.42. The smallest absolute Gasteiger partial charge is 0.138 e. The standard InChI is InChI=1S/C15H18ClN3O.C2H6O/c1-15(2,3)14(20)13(19-10-17-9-18-19)8-11-4-6-12(16)7-5-11;1-2-3/h4-10,14,20H,1-3H3;3H,2H2,1H3/b13-8+;. The Morgan fingerprint density at radius 2 is 1.87 bits per heavy atom. The molecular weight excluding hydrogens is 314 g/mol. The largest absolute Gasteiger partial charge is 0.397 e. The summed E-state index contributed by atoms with van der Waals surface area (Å²) in [4.78, 5) is 3.94. The van der Waals surface area contributed by atoms with E-state index in [9.17, 15) is 5.11 Å². The zero-order valence-corrected chi connectivity index (χ0v) is 14.7. The van der Waals surface area contributed by atoms with E-state index < -0.39 is 6.10 Å². The average Bonchev–Trinajstić information content (AvgIpc) is 3.00. The highest BCUT2D eigenvalue weighted by Gasteiger charge is 2.27. The molecule has 2 N–H and O–H groups in total. The third kappa shape index (κ3) is 6.14. The van der Waals surface area contributed by atoms with E-state index in [1.807, 2.05) is 51.1 Å². The highest BCUT2D eigenvalue weighted by molar-refractivity contribution is 6.30. The highest BCUT2D eigenvalue weighted by atomic mass is 35.5. The van der Waals surface area contributed by atoms with Crippen molar-refractivity contribution < 1.29 is 10.2 Å². The van der Waals surface area contributed by atoms with Crippen molar-refractivity contribution in [1.82, 2.24) is 14.8 Å². The van der Waals surface area contributed by atoms with Gasteiger partial charge in [-0.3, -0.25) is 0 Å². The fourth-order valence-corrected chi connectivity index (χ4v) is 1.91. The quantitative estimate of drug-likeness (QED) is 0.901. The summed E-state index contributed by atoms with van der Waals surface area (Å²) in [5.41, 5.74) is 1.32. The summed E-state index contributed by atoms with van der Waals surface area (Å²) >= 11 is 5.89. The maximum absolute atomic E-state index is 10.6. The Morgan fingerprint density at radius 1 is 1.30 bits per heavy atom. The van der Waals surface area contributed by atoms with Crippen molar-refractivity contribution in [2.45, 2.75) is 33.8 Å². The van der Waals surface area contributed by atoms with Crippen LogP contribution < -0.4 is 0 Å². The molecule has 0 bridgehead atoms. The molecule has 2 aromatic rings.